The van der Waals surface area contributed by atoms with Crippen LogP contribution in [0.25, 0.3) is 11.0 Å². The van der Waals surface area contributed by atoms with Crippen molar-refractivity contribution in [3.8, 4) is 0 Å². The van der Waals surface area contributed by atoms with Crippen LogP contribution in [0.5, 0.6) is 0 Å². The molecule has 4 nitrogen and oxygen atoms in total. The quantitative estimate of drug-likeness (QED) is 0.782. The van der Waals surface area contributed by atoms with E-state index in [1.54, 1.807) is 13.0 Å². The minimum absolute atomic E-state index is 0.109. The first-order valence-electron chi connectivity index (χ1n) is 5.96. The summed E-state index contributed by atoms with van der Waals surface area (Å²) >= 11 is 0. The van der Waals surface area contributed by atoms with Crippen LogP contribution in [-0.2, 0) is 22.5 Å². The molecule has 0 amide bonds. The summed E-state index contributed by atoms with van der Waals surface area (Å²) in [6, 6.07) is 4.44. The molecule has 1 aromatic heterocycles. The van der Waals surface area contributed by atoms with Gasteiger partial charge in [0.05, 0.1) is 17.6 Å². The number of benzene rings is 1. The average Bonchev–Trinajstić information content (AvgIpc) is 2.65. The van der Waals surface area contributed by atoms with Crippen molar-refractivity contribution >= 4 is 17.0 Å². The number of carbonyl (C=O) groups excluding carboxylic acids is 1. The van der Waals surface area contributed by atoms with Crippen LogP contribution in [0.15, 0.2) is 18.2 Å². The molecule has 0 saturated heterocycles. The van der Waals surface area contributed by atoms with Gasteiger partial charge in [0.25, 0.3) is 0 Å². The Labute approximate surface area is 104 Å². The molecule has 0 radical (unpaired) electrons. The van der Waals surface area contributed by atoms with Gasteiger partial charge in [-0.25, -0.2) is 9.37 Å². The predicted octanol–water partition coefficient (Wildman–Crippen LogP) is 2.30. The minimum Gasteiger partial charge on any atom is -0.466 e. The Hall–Kier alpha value is -1.91. The van der Waals surface area contributed by atoms with E-state index < -0.39 is 0 Å². The van der Waals surface area contributed by atoms with E-state index in [2.05, 4.69) is 4.98 Å². The highest BCUT2D eigenvalue weighted by atomic mass is 19.1. The van der Waals surface area contributed by atoms with E-state index in [-0.39, 0.29) is 18.2 Å². The van der Waals surface area contributed by atoms with E-state index in [1.165, 1.54) is 12.1 Å². The number of hydrogen-bond donors (Lipinski definition) is 0. The van der Waals surface area contributed by atoms with Gasteiger partial charge in [0.2, 0.25) is 0 Å². The van der Waals surface area contributed by atoms with Gasteiger partial charge in [-0.15, -0.1) is 0 Å². The zero-order valence-electron chi connectivity index (χ0n) is 10.4. The molecule has 0 bridgehead atoms. The molecular weight excluding hydrogens is 235 g/mol. The lowest BCUT2D eigenvalue weighted by molar-refractivity contribution is -0.142. The van der Waals surface area contributed by atoms with Gasteiger partial charge in [0, 0.05) is 12.6 Å². The highest BCUT2D eigenvalue weighted by molar-refractivity contribution is 5.78. The van der Waals surface area contributed by atoms with Crippen molar-refractivity contribution in [1.29, 1.82) is 0 Å². The van der Waals surface area contributed by atoms with E-state index >= 15 is 0 Å². The fraction of sp³-hybridized carbons (Fsp3) is 0.385. The van der Waals surface area contributed by atoms with E-state index in [0.717, 1.165) is 5.52 Å². The van der Waals surface area contributed by atoms with E-state index in [1.807, 2.05) is 11.5 Å². The fourth-order valence-corrected chi connectivity index (χ4v) is 1.98. The third-order valence-electron chi connectivity index (χ3n) is 2.71. The number of rotatable bonds is 4. The maximum atomic E-state index is 13.1. The van der Waals surface area contributed by atoms with Crippen LogP contribution in [0.4, 0.5) is 4.39 Å². The van der Waals surface area contributed by atoms with E-state index in [0.29, 0.717) is 24.5 Å². The molecule has 0 unspecified atom stereocenters. The molecular formula is C13H15FN2O2. The fourth-order valence-electron chi connectivity index (χ4n) is 1.98. The van der Waals surface area contributed by atoms with Crippen LogP contribution in [0, 0.1) is 5.82 Å². The van der Waals surface area contributed by atoms with Gasteiger partial charge in [-0.05, 0) is 26.0 Å². The molecule has 0 spiro atoms. The zero-order valence-corrected chi connectivity index (χ0v) is 10.4. The second-order valence-corrected chi connectivity index (χ2v) is 3.89. The second kappa shape index (κ2) is 5.16. The van der Waals surface area contributed by atoms with Crippen molar-refractivity contribution in [3.63, 3.8) is 0 Å². The number of fused-ring (bicyclic) bond motifs is 1. The van der Waals surface area contributed by atoms with Gasteiger partial charge in [0.1, 0.15) is 18.1 Å². The van der Waals surface area contributed by atoms with Crippen LogP contribution < -0.4 is 0 Å². The SMILES string of the molecule is CCOC(=O)Cc1nc2cc(F)ccc2n1CC. The van der Waals surface area contributed by atoms with Crippen molar-refractivity contribution in [2.75, 3.05) is 6.61 Å². The molecule has 18 heavy (non-hydrogen) atoms. The Kier molecular flexibility index (Phi) is 3.60. The summed E-state index contributed by atoms with van der Waals surface area (Å²) < 4.78 is 19.9. The van der Waals surface area contributed by atoms with Gasteiger partial charge in [-0.2, -0.15) is 0 Å². The molecule has 1 heterocycles. The molecule has 2 aromatic rings. The number of hydrogen-bond acceptors (Lipinski definition) is 3. The lowest BCUT2D eigenvalue weighted by Gasteiger charge is -2.05. The summed E-state index contributed by atoms with van der Waals surface area (Å²) in [6.07, 6.45) is 0.109. The van der Waals surface area contributed by atoms with Crippen molar-refractivity contribution in [3.05, 3.63) is 29.8 Å². The molecule has 0 aliphatic rings. The lowest BCUT2D eigenvalue weighted by atomic mass is 10.3. The summed E-state index contributed by atoms with van der Waals surface area (Å²) in [5, 5.41) is 0. The molecule has 0 fully saturated rings. The number of carbonyl (C=O) groups is 1. The highest BCUT2D eigenvalue weighted by Crippen LogP contribution is 2.18. The second-order valence-electron chi connectivity index (χ2n) is 3.89. The third-order valence-corrected chi connectivity index (χ3v) is 2.71. The maximum absolute atomic E-state index is 13.1. The summed E-state index contributed by atoms with van der Waals surface area (Å²) in [6.45, 7) is 4.74. The monoisotopic (exact) mass is 250 g/mol. The van der Waals surface area contributed by atoms with Crippen molar-refractivity contribution < 1.29 is 13.9 Å². The molecule has 0 aliphatic carbocycles. The first-order chi connectivity index (χ1) is 8.65. The number of halogens is 1. The highest BCUT2D eigenvalue weighted by Gasteiger charge is 2.14. The van der Waals surface area contributed by atoms with Crippen LogP contribution in [0.3, 0.4) is 0 Å². The van der Waals surface area contributed by atoms with Gasteiger partial charge in [-0.1, -0.05) is 0 Å². The zero-order chi connectivity index (χ0) is 13.1. The topological polar surface area (TPSA) is 44.1 Å². The third kappa shape index (κ3) is 2.34. The first-order valence-corrected chi connectivity index (χ1v) is 5.96. The smallest absolute Gasteiger partial charge is 0.313 e. The van der Waals surface area contributed by atoms with Crippen LogP contribution in [-0.4, -0.2) is 22.1 Å². The largest absolute Gasteiger partial charge is 0.466 e. The van der Waals surface area contributed by atoms with Crippen LogP contribution in [0.1, 0.15) is 19.7 Å². The van der Waals surface area contributed by atoms with Crippen LogP contribution in [0.2, 0.25) is 0 Å². The van der Waals surface area contributed by atoms with Gasteiger partial charge >= 0.3 is 5.97 Å². The van der Waals surface area contributed by atoms with Crippen molar-refractivity contribution in [1.82, 2.24) is 9.55 Å². The number of aryl methyl sites for hydroxylation is 1. The summed E-state index contributed by atoms with van der Waals surface area (Å²) in [5.41, 5.74) is 1.40. The number of imidazole rings is 1. The van der Waals surface area contributed by atoms with Gasteiger partial charge < -0.3 is 9.30 Å². The standard InChI is InChI=1S/C13H15FN2O2/c1-3-16-11-6-5-9(14)7-10(11)15-12(16)8-13(17)18-4-2/h5-7H,3-4,8H2,1-2H3. The predicted molar refractivity (Wildman–Crippen MR) is 65.7 cm³/mol. The number of ether oxygens (including phenoxy) is 1. The van der Waals surface area contributed by atoms with Crippen molar-refractivity contribution in [2.24, 2.45) is 0 Å². The maximum Gasteiger partial charge on any atom is 0.313 e. The molecule has 1 aromatic carbocycles. The van der Waals surface area contributed by atoms with E-state index in [4.69, 9.17) is 4.74 Å². The minimum atomic E-state index is -0.328. The first kappa shape index (κ1) is 12.5. The molecule has 0 N–H and O–H groups in total. The molecule has 0 aliphatic heterocycles. The van der Waals surface area contributed by atoms with Crippen LogP contribution >= 0.6 is 0 Å². The Balaban J connectivity index is 2.40. The number of aromatic nitrogens is 2. The Morgan fingerprint density at radius 1 is 1.44 bits per heavy atom. The summed E-state index contributed by atoms with van der Waals surface area (Å²) in [4.78, 5) is 15.8. The lowest BCUT2D eigenvalue weighted by Crippen LogP contribution is -2.12. The summed E-state index contributed by atoms with van der Waals surface area (Å²) in [5.74, 6) is -0.0366. The Morgan fingerprint density at radius 3 is 2.89 bits per heavy atom. The Morgan fingerprint density at radius 2 is 2.22 bits per heavy atom. The van der Waals surface area contributed by atoms with E-state index in [9.17, 15) is 9.18 Å². The molecule has 96 valence electrons. The number of nitrogens with zero attached hydrogens (tertiary/aromatic N) is 2. The van der Waals surface area contributed by atoms with Gasteiger partial charge in [-0.3, -0.25) is 4.79 Å². The normalized spacial score (nSPS) is 10.8. The average molecular weight is 250 g/mol. The number of esters is 1. The Bertz CT molecular complexity index is 578. The van der Waals surface area contributed by atoms with Gasteiger partial charge in [0.15, 0.2) is 0 Å². The molecule has 5 heteroatoms. The summed E-state index contributed by atoms with van der Waals surface area (Å²) in [7, 11) is 0. The molecule has 0 saturated carbocycles. The molecule has 2 rings (SSSR count). The molecule has 0 atom stereocenters. The van der Waals surface area contributed by atoms with Crippen molar-refractivity contribution in [2.45, 2.75) is 26.8 Å².